The Morgan fingerprint density at radius 3 is 2.83 bits per heavy atom. The van der Waals surface area contributed by atoms with Crippen LogP contribution in [0.15, 0.2) is 21.7 Å². The van der Waals surface area contributed by atoms with Crippen molar-refractivity contribution in [3.8, 4) is 0 Å². The van der Waals surface area contributed by atoms with Crippen LogP contribution in [0.3, 0.4) is 0 Å². The van der Waals surface area contributed by atoms with Gasteiger partial charge in [-0.2, -0.15) is 5.10 Å². The molecule has 2 rings (SSSR count). The topological polar surface area (TPSA) is 73.1 Å². The van der Waals surface area contributed by atoms with Gasteiger partial charge in [0.1, 0.15) is 11.5 Å². The largest absolute Gasteiger partial charge is 0.460 e. The lowest BCUT2D eigenvalue weighted by molar-refractivity contribution is -0.159. The van der Waals surface area contributed by atoms with Crippen LogP contribution >= 0.6 is 0 Å². The normalized spacial score (nSPS) is 18.3. The van der Waals surface area contributed by atoms with Gasteiger partial charge in [0.15, 0.2) is 5.79 Å². The second-order valence-electron chi connectivity index (χ2n) is 4.25. The molecule has 98 valence electrons. The predicted octanol–water partition coefficient (Wildman–Crippen LogP) is 1.19. The molecule has 1 aliphatic rings. The number of ether oxygens (including phenoxy) is 2. The third-order valence-corrected chi connectivity index (χ3v) is 2.52. The minimum Gasteiger partial charge on any atom is -0.460 e. The number of nitrogens with one attached hydrogen (secondary N) is 1. The van der Waals surface area contributed by atoms with Gasteiger partial charge in [-0.3, -0.25) is 4.79 Å². The number of rotatable bonds is 4. The number of amides is 1. The summed E-state index contributed by atoms with van der Waals surface area (Å²) < 4.78 is 15.9. The lowest BCUT2D eigenvalue weighted by Gasteiger charge is -2.20. The van der Waals surface area contributed by atoms with Gasteiger partial charge in [-0.15, -0.1) is 0 Å². The Bertz CT molecular complexity index is 447. The summed E-state index contributed by atoms with van der Waals surface area (Å²) in [5.74, 6) is 0.287. The van der Waals surface area contributed by atoms with Crippen LogP contribution < -0.4 is 5.43 Å². The van der Waals surface area contributed by atoms with Crippen LogP contribution in [0, 0.1) is 6.92 Å². The molecule has 1 amide bonds. The van der Waals surface area contributed by atoms with Gasteiger partial charge in [0, 0.05) is 0 Å². The summed E-state index contributed by atoms with van der Waals surface area (Å²) in [7, 11) is 0. The van der Waals surface area contributed by atoms with Gasteiger partial charge in [0.25, 0.3) is 0 Å². The number of furan rings is 1. The molecule has 0 aliphatic carbocycles. The van der Waals surface area contributed by atoms with Crippen LogP contribution in [0.2, 0.25) is 0 Å². The molecule has 6 heteroatoms. The fourth-order valence-corrected chi connectivity index (χ4v) is 1.68. The Morgan fingerprint density at radius 2 is 2.22 bits per heavy atom. The molecule has 1 N–H and O–H groups in total. The quantitative estimate of drug-likeness (QED) is 0.645. The van der Waals surface area contributed by atoms with Crippen molar-refractivity contribution in [1.82, 2.24) is 5.43 Å². The zero-order chi connectivity index (χ0) is 13.0. The van der Waals surface area contributed by atoms with Crippen LogP contribution in [0.4, 0.5) is 0 Å². The molecule has 1 fully saturated rings. The van der Waals surface area contributed by atoms with Crippen LogP contribution in [0.5, 0.6) is 0 Å². The maximum Gasteiger partial charge on any atom is 0.245 e. The zero-order valence-electron chi connectivity index (χ0n) is 10.4. The number of aryl methyl sites for hydroxylation is 1. The monoisotopic (exact) mass is 252 g/mol. The third kappa shape index (κ3) is 3.41. The summed E-state index contributed by atoms with van der Waals surface area (Å²) in [5, 5.41) is 3.80. The standard InChI is InChI=1S/C12H16N2O4/c1-9-3-4-10(18-9)8-13-14-11(15)7-12(2)16-5-6-17-12/h3-4,8H,5-7H2,1-2H3,(H,14,15)/b13-8-. The third-order valence-electron chi connectivity index (χ3n) is 2.52. The first kappa shape index (κ1) is 12.8. The molecule has 0 spiro atoms. The number of carbonyl (C=O) groups is 1. The average molecular weight is 252 g/mol. The molecule has 0 unspecified atom stereocenters. The van der Waals surface area contributed by atoms with Gasteiger partial charge in [-0.1, -0.05) is 0 Å². The highest BCUT2D eigenvalue weighted by molar-refractivity contribution is 5.80. The summed E-state index contributed by atoms with van der Waals surface area (Å²) in [6, 6.07) is 3.60. The van der Waals surface area contributed by atoms with Crippen molar-refractivity contribution in [3.05, 3.63) is 23.7 Å². The second-order valence-corrected chi connectivity index (χ2v) is 4.25. The van der Waals surface area contributed by atoms with E-state index in [1.807, 2.05) is 13.0 Å². The summed E-state index contributed by atoms with van der Waals surface area (Å²) >= 11 is 0. The van der Waals surface area contributed by atoms with E-state index in [1.165, 1.54) is 6.21 Å². The van der Waals surface area contributed by atoms with Gasteiger partial charge in [0.05, 0.1) is 25.8 Å². The average Bonchev–Trinajstić information content (AvgIpc) is 2.88. The fraction of sp³-hybridized carbons (Fsp3) is 0.500. The number of hydrogen-bond donors (Lipinski definition) is 1. The predicted molar refractivity (Wildman–Crippen MR) is 64.1 cm³/mol. The highest BCUT2D eigenvalue weighted by atomic mass is 16.7. The van der Waals surface area contributed by atoms with Crippen molar-refractivity contribution in [1.29, 1.82) is 0 Å². The fourth-order valence-electron chi connectivity index (χ4n) is 1.68. The molecule has 0 saturated carbocycles. The Kier molecular flexibility index (Phi) is 3.78. The molecular weight excluding hydrogens is 236 g/mol. The summed E-state index contributed by atoms with van der Waals surface area (Å²) in [5.41, 5.74) is 2.40. The second kappa shape index (κ2) is 5.32. The molecule has 1 aromatic rings. The van der Waals surface area contributed by atoms with Crippen LogP contribution in [0.1, 0.15) is 24.9 Å². The summed E-state index contributed by atoms with van der Waals surface area (Å²) in [6.45, 7) is 4.60. The molecule has 0 aromatic carbocycles. The van der Waals surface area contributed by atoms with E-state index in [2.05, 4.69) is 10.5 Å². The zero-order valence-corrected chi connectivity index (χ0v) is 10.4. The van der Waals surface area contributed by atoms with Crippen molar-refractivity contribution < 1.29 is 18.7 Å². The first-order chi connectivity index (χ1) is 8.57. The van der Waals surface area contributed by atoms with Crippen molar-refractivity contribution in [2.24, 2.45) is 5.10 Å². The first-order valence-electron chi connectivity index (χ1n) is 5.74. The van der Waals surface area contributed by atoms with Gasteiger partial charge in [-0.25, -0.2) is 5.43 Å². The van der Waals surface area contributed by atoms with Crippen LogP contribution in [0.25, 0.3) is 0 Å². The van der Waals surface area contributed by atoms with E-state index in [0.29, 0.717) is 19.0 Å². The van der Waals surface area contributed by atoms with Gasteiger partial charge >= 0.3 is 0 Å². The van der Waals surface area contributed by atoms with E-state index >= 15 is 0 Å². The van der Waals surface area contributed by atoms with E-state index in [1.54, 1.807) is 13.0 Å². The minimum absolute atomic E-state index is 0.113. The Balaban J connectivity index is 1.79. The van der Waals surface area contributed by atoms with Crippen molar-refractivity contribution >= 4 is 12.1 Å². The molecule has 6 nitrogen and oxygen atoms in total. The molecule has 0 atom stereocenters. The number of nitrogens with zero attached hydrogens (tertiary/aromatic N) is 1. The number of hydrazone groups is 1. The molecular formula is C12H16N2O4. The van der Waals surface area contributed by atoms with Crippen LogP contribution in [-0.2, 0) is 14.3 Å². The lowest BCUT2D eigenvalue weighted by Crippen LogP contribution is -2.33. The van der Waals surface area contributed by atoms with E-state index in [0.717, 1.165) is 5.76 Å². The van der Waals surface area contributed by atoms with Gasteiger partial charge in [-0.05, 0) is 26.0 Å². The highest BCUT2D eigenvalue weighted by Gasteiger charge is 2.33. The first-order valence-corrected chi connectivity index (χ1v) is 5.74. The molecule has 1 aliphatic heterocycles. The van der Waals surface area contributed by atoms with E-state index in [-0.39, 0.29) is 12.3 Å². The maximum atomic E-state index is 11.6. The molecule has 0 bridgehead atoms. The minimum atomic E-state index is -0.832. The van der Waals surface area contributed by atoms with E-state index in [4.69, 9.17) is 13.9 Å². The van der Waals surface area contributed by atoms with Crippen LogP contribution in [-0.4, -0.2) is 31.1 Å². The molecule has 1 saturated heterocycles. The Hall–Kier alpha value is -1.66. The molecule has 18 heavy (non-hydrogen) atoms. The lowest BCUT2D eigenvalue weighted by atomic mass is 10.2. The van der Waals surface area contributed by atoms with Crippen molar-refractivity contribution in [3.63, 3.8) is 0 Å². The number of hydrogen-bond acceptors (Lipinski definition) is 5. The SMILES string of the molecule is Cc1ccc(/C=N\NC(=O)CC2(C)OCCO2)o1. The maximum absolute atomic E-state index is 11.6. The van der Waals surface area contributed by atoms with Gasteiger partial charge < -0.3 is 13.9 Å². The molecule has 1 aromatic heterocycles. The van der Waals surface area contributed by atoms with E-state index in [9.17, 15) is 4.79 Å². The van der Waals surface area contributed by atoms with Crippen molar-refractivity contribution in [2.45, 2.75) is 26.1 Å². The molecule has 0 radical (unpaired) electrons. The highest BCUT2D eigenvalue weighted by Crippen LogP contribution is 2.22. The summed E-state index contributed by atoms with van der Waals surface area (Å²) in [6.07, 6.45) is 1.56. The smallest absolute Gasteiger partial charge is 0.245 e. The Labute approximate surface area is 105 Å². The summed E-state index contributed by atoms with van der Waals surface area (Å²) in [4.78, 5) is 11.6. The molecule has 2 heterocycles. The van der Waals surface area contributed by atoms with E-state index < -0.39 is 5.79 Å². The Morgan fingerprint density at radius 1 is 1.50 bits per heavy atom. The van der Waals surface area contributed by atoms with Crippen molar-refractivity contribution in [2.75, 3.05) is 13.2 Å². The van der Waals surface area contributed by atoms with Gasteiger partial charge in [0.2, 0.25) is 5.91 Å². The number of carbonyl (C=O) groups excluding carboxylic acids is 1.